The third-order valence-electron chi connectivity index (χ3n) is 16.4. The Bertz CT molecular complexity index is 4230. The van der Waals surface area contributed by atoms with Crippen molar-refractivity contribution in [2.24, 2.45) is 0 Å². The first-order valence-corrected chi connectivity index (χ1v) is 32.7. The highest BCUT2D eigenvalue weighted by Gasteiger charge is 2.59. The molecule has 26 heteroatoms. The van der Waals surface area contributed by atoms with Gasteiger partial charge in [0.15, 0.2) is 67.7 Å². The Balaban J connectivity index is 1.01. The largest absolute Gasteiger partial charge is 0.459 e. The molecule has 11 rings (SSSR count). The minimum Gasteiger partial charge on any atom is -0.459 e. The van der Waals surface area contributed by atoms with Crippen molar-refractivity contribution in [3.63, 3.8) is 0 Å². The van der Waals surface area contributed by atoms with E-state index in [4.69, 9.17) is 71.1 Å². The molecule has 8 aromatic carbocycles. The summed E-state index contributed by atoms with van der Waals surface area (Å²) < 4.78 is 93.6. The molecule has 1 N–H and O–H groups in total. The highest BCUT2D eigenvalue weighted by molar-refractivity contribution is 5.94. The monoisotopic (exact) mass is 1420 g/mol. The number of rotatable bonds is 25. The molecule has 104 heavy (non-hydrogen) atoms. The molecule has 0 spiro atoms. The van der Waals surface area contributed by atoms with Gasteiger partial charge in [-0.2, -0.15) is 0 Å². The molecule has 3 fully saturated rings. The fourth-order valence-corrected chi connectivity index (χ4v) is 11.5. The highest BCUT2D eigenvalue weighted by atomic mass is 16.8. The summed E-state index contributed by atoms with van der Waals surface area (Å²) in [6.07, 6.45) is -30.0. The lowest BCUT2D eigenvalue weighted by molar-refractivity contribution is -0.361. The van der Waals surface area contributed by atoms with Crippen LogP contribution in [-0.2, 0) is 80.6 Å². The molecule has 8 aromatic rings. The lowest BCUT2D eigenvalue weighted by atomic mass is 9.95. The molecule has 0 saturated carbocycles. The van der Waals surface area contributed by atoms with E-state index in [1.54, 1.807) is 109 Å². The summed E-state index contributed by atoms with van der Waals surface area (Å²) in [7, 11) is 0. The van der Waals surface area contributed by atoms with Gasteiger partial charge in [0.05, 0.1) is 51.1 Å². The van der Waals surface area contributed by atoms with Crippen molar-refractivity contribution in [1.82, 2.24) is 0 Å². The van der Waals surface area contributed by atoms with Gasteiger partial charge in [0.2, 0.25) is 0 Å². The van der Waals surface area contributed by atoms with E-state index in [1.165, 1.54) is 133 Å². The van der Waals surface area contributed by atoms with Gasteiger partial charge in [-0.1, -0.05) is 146 Å². The number of carbonyl (C=O) groups is 10. The van der Waals surface area contributed by atoms with Crippen LogP contribution in [0.5, 0.6) is 0 Å². The van der Waals surface area contributed by atoms with Crippen LogP contribution in [0.2, 0.25) is 0 Å². The number of aliphatic hydroxyl groups excluding tert-OH is 1. The van der Waals surface area contributed by atoms with Crippen molar-refractivity contribution in [1.29, 1.82) is 0 Å². The number of ether oxygens (including phenoxy) is 15. The predicted molar refractivity (Wildman–Crippen MR) is 357 cm³/mol. The maximum absolute atomic E-state index is 14.7. The van der Waals surface area contributed by atoms with Crippen molar-refractivity contribution < 1.29 is 124 Å². The minimum atomic E-state index is -2.32. The number of aliphatic hydroxyl groups is 1. The van der Waals surface area contributed by atoms with Gasteiger partial charge in [0, 0.05) is 13.8 Å². The van der Waals surface area contributed by atoms with Gasteiger partial charge in [-0.3, -0.25) is 9.59 Å². The Hall–Kier alpha value is -11.8. The van der Waals surface area contributed by atoms with Crippen LogP contribution in [0.1, 0.15) is 96.7 Å². The Kier molecular flexibility index (Phi) is 24.9. The van der Waals surface area contributed by atoms with Crippen LogP contribution in [0.15, 0.2) is 243 Å². The van der Waals surface area contributed by atoms with Crippen LogP contribution < -0.4 is 0 Å². The Labute approximate surface area is 594 Å². The zero-order chi connectivity index (χ0) is 73.1. The average molecular weight is 1420 g/mol. The van der Waals surface area contributed by atoms with Crippen molar-refractivity contribution in [3.8, 4) is 0 Å². The Morgan fingerprint density at radius 2 is 0.510 bits per heavy atom. The van der Waals surface area contributed by atoms with Crippen LogP contribution in [0.25, 0.3) is 0 Å². The van der Waals surface area contributed by atoms with E-state index in [-0.39, 0.29) is 44.5 Å². The topological polar surface area (TPSA) is 329 Å². The van der Waals surface area contributed by atoms with E-state index < -0.39 is 172 Å². The molecule has 14 unspecified atom stereocenters. The van der Waals surface area contributed by atoms with Gasteiger partial charge < -0.3 is 76.2 Å². The highest BCUT2D eigenvalue weighted by Crippen LogP contribution is 2.38. The van der Waals surface area contributed by atoms with Gasteiger partial charge >= 0.3 is 59.7 Å². The van der Waals surface area contributed by atoms with E-state index in [9.17, 15) is 53.1 Å². The molecule has 3 aliphatic heterocycles. The van der Waals surface area contributed by atoms with E-state index in [0.29, 0.717) is 0 Å². The van der Waals surface area contributed by atoms with Crippen molar-refractivity contribution in [2.75, 3.05) is 19.8 Å². The van der Waals surface area contributed by atoms with Crippen LogP contribution in [0, 0.1) is 0 Å². The molecule has 0 aliphatic carbocycles. The third-order valence-corrected chi connectivity index (χ3v) is 16.4. The third kappa shape index (κ3) is 18.8. The summed E-state index contributed by atoms with van der Waals surface area (Å²) in [6.45, 7) is -0.673. The standard InChI is InChI=1S/C78H68O26/c1-46(79)93-59-56(45-92-77-66(102-74(87)54-39-23-9-24-40-54)63(100-72(85)52-35-19-7-20-36-52)60(98-70(83)50-31-15-5-16-32-50)57(96-77)43-90-68(81)48-27-11-3-12-28-48)95-76(89)65(94-47(2)80)62(59)104-78-67(103-75(88)55-41-25-10-26-42-55)64(101-73(86)53-37-21-8-22-38-53)61(99-71(84)51-33-17-6-18-34-51)58(97-78)44-91-69(82)49-29-13-4-14-30-49/h3-42,56-67,76-78,89H,43-45H2,1-2H3/t56?,57?,58?,59-,60?,61?,62?,63?,64?,65?,66?,67?,76?,77?,78?/m1/s1. The van der Waals surface area contributed by atoms with Crippen molar-refractivity contribution in [2.45, 2.75) is 106 Å². The summed E-state index contributed by atoms with van der Waals surface area (Å²) in [5.74, 6) is -10.3. The summed E-state index contributed by atoms with van der Waals surface area (Å²) in [6, 6.07) is 60.5. The molecule has 3 heterocycles. The maximum atomic E-state index is 14.7. The number of benzene rings is 8. The summed E-state index contributed by atoms with van der Waals surface area (Å²) >= 11 is 0. The summed E-state index contributed by atoms with van der Waals surface area (Å²) in [4.78, 5) is 142. The molecule has 0 bridgehead atoms. The first kappa shape index (κ1) is 73.4. The van der Waals surface area contributed by atoms with Crippen LogP contribution >= 0.6 is 0 Å². The molecule has 0 radical (unpaired) electrons. The molecule has 0 amide bonds. The fourth-order valence-electron chi connectivity index (χ4n) is 11.5. The zero-order valence-corrected chi connectivity index (χ0v) is 55.5. The quantitative estimate of drug-likeness (QED) is 0.0414. The molecule has 536 valence electrons. The summed E-state index contributed by atoms with van der Waals surface area (Å²) in [5, 5.41) is 12.3. The second-order valence-electron chi connectivity index (χ2n) is 23.6. The fraction of sp³-hybridized carbons (Fsp3) is 0.256. The average Bonchev–Trinajstić information content (AvgIpc) is 0.769. The van der Waals surface area contributed by atoms with Crippen LogP contribution in [0.3, 0.4) is 0 Å². The van der Waals surface area contributed by atoms with Gasteiger partial charge in [0.1, 0.15) is 37.6 Å². The predicted octanol–water partition coefficient (Wildman–Crippen LogP) is 8.49. The normalized spacial score (nSPS) is 24.1. The lowest BCUT2D eigenvalue weighted by Gasteiger charge is -2.48. The smallest absolute Gasteiger partial charge is 0.338 e. The van der Waals surface area contributed by atoms with Crippen molar-refractivity contribution in [3.05, 3.63) is 287 Å². The van der Waals surface area contributed by atoms with E-state index in [0.717, 1.165) is 13.8 Å². The summed E-state index contributed by atoms with van der Waals surface area (Å²) in [5.41, 5.74) is -0.105. The number of esters is 10. The zero-order valence-electron chi connectivity index (χ0n) is 55.5. The Morgan fingerprint density at radius 1 is 0.269 bits per heavy atom. The Morgan fingerprint density at radius 3 is 0.817 bits per heavy atom. The number of carbonyl (C=O) groups excluding carboxylic acids is 10. The van der Waals surface area contributed by atoms with Crippen LogP contribution in [-0.4, -0.2) is 177 Å². The van der Waals surface area contributed by atoms with E-state index >= 15 is 0 Å². The van der Waals surface area contributed by atoms with E-state index in [1.807, 2.05) is 0 Å². The van der Waals surface area contributed by atoms with Crippen LogP contribution in [0.4, 0.5) is 0 Å². The molecular formula is C78H68O26. The molecular weight excluding hydrogens is 1350 g/mol. The van der Waals surface area contributed by atoms with Gasteiger partial charge in [-0.05, 0) is 97.1 Å². The first-order valence-electron chi connectivity index (χ1n) is 32.7. The van der Waals surface area contributed by atoms with Crippen molar-refractivity contribution >= 4 is 59.7 Å². The molecule has 3 saturated heterocycles. The second-order valence-corrected chi connectivity index (χ2v) is 23.6. The van der Waals surface area contributed by atoms with Gasteiger partial charge in [-0.15, -0.1) is 0 Å². The SMILES string of the molecule is CC(=O)OC1C(O)OC(COC2OC(COC(=O)c3ccccc3)C(OC(=O)c3ccccc3)C(OC(=O)c3ccccc3)C2OC(=O)c2ccccc2)[C@@H](OC(C)=O)C1OC1OC(COC(=O)c2ccccc2)C(OC(=O)c2ccccc2)C(OC(=O)c2ccccc2)C1OC(=O)c1ccccc1. The van der Waals surface area contributed by atoms with Gasteiger partial charge in [0.25, 0.3) is 0 Å². The first-order chi connectivity index (χ1) is 50.5. The number of hydrogen-bond donors (Lipinski definition) is 1. The van der Waals surface area contributed by atoms with E-state index in [2.05, 4.69) is 0 Å². The minimum absolute atomic E-state index is 0.00145. The maximum Gasteiger partial charge on any atom is 0.338 e. The molecule has 15 atom stereocenters. The molecule has 3 aliphatic rings. The molecule has 26 nitrogen and oxygen atoms in total. The number of hydrogen-bond acceptors (Lipinski definition) is 26. The van der Waals surface area contributed by atoms with Gasteiger partial charge in [-0.25, -0.2) is 38.4 Å². The molecule has 0 aromatic heterocycles. The second kappa shape index (κ2) is 35.2. The lowest BCUT2D eigenvalue weighted by Crippen LogP contribution is -2.67.